The molecule has 2 aromatic rings. The lowest BCUT2D eigenvalue weighted by molar-refractivity contribution is 0.594. The maximum absolute atomic E-state index is 12.3. The Morgan fingerprint density at radius 1 is 0.882 bits per heavy atom. The van der Waals surface area contributed by atoms with Crippen LogP contribution in [0.1, 0.15) is 0 Å². The van der Waals surface area contributed by atoms with Crippen LogP contribution in [0.4, 0.5) is 13.2 Å². The van der Waals surface area contributed by atoms with Gasteiger partial charge in [-0.15, -0.1) is 0 Å². The molecular formula is C11H6Br2F3N. The number of aromatic nitrogens is 1. The number of benzene rings is 1. The van der Waals surface area contributed by atoms with E-state index in [1.807, 2.05) is 0 Å². The van der Waals surface area contributed by atoms with Gasteiger partial charge in [-0.25, -0.2) is 13.2 Å². The molecule has 0 N–H and O–H groups in total. The van der Waals surface area contributed by atoms with Gasteiger partial charge in [0.1, 0.15) is 17.5 Å². The van der Waals surface area contributed by atoms with Crippen LogP contribution in [0, 0.1) is 17.5 Å². The van der Waals surface area contributed by atoms with Crippen LogP contribution in [0.25, 0.3) is 0 Å². The van der Waals surface area contributed by atoms with Crippen LogP contribution >= 0.6 is 31.9 Å². The summed E-state index contributed by atoms with van der Waals surface area (Å²) in [4.78, 5) is 3.56. The molecule has 0 atom stereocenters. The Balaban J connectivity index is 0.000000171. The smallest absolute Gasteiger partial charge is 0.142 e. The normalized spacial score (nSPS) is 9.47. The number of nitrogens with zero attached hydrogens (tertiary/aromatic N) is 1. The largest absolute Gasteiger partial charge is 0.260 e. The Bertz CT molecular complexity index is 489. The summed E-state index contributed by atoms with van der Waals surface area (Å²) < 4.78 is 37.3. The summed E-state index contributed by atoms with van der Waals surface area (Å²) in [6, 6.07) is 4.57. The van der Waals surface area contributed by atoms with E-state index in [0.29, 0.717) is 4.47 Å². The summed E-state index contributed by atoms with van der Waals surface area (Å²) in [6.45, 7) is 0. The first-order chi connectivity index (χ1) is 7.99. The predicted molar refractivity (Wildman–Crippen MR) is 66.0 cm³/mol. The van der Waals surface area contributed by atoms with Crippen molar-refractivity contribution in [2.45, 2.75) is 0 Å². The van der Waals surface area contributed by atoms with Crippen LogP contribution in [0.3, 0.4) is 0 Å². The van der Waals surface area contributed by atoms with Crippen LogP contribution in [0.2, 0.25) is 0 Å². The average Bonchev–Trinajstić information content (AvgIpc) is 2.24. The second-order valence-corrected chi connectivity index (χ2v) is 4.65. The van der Waals surface area contributed by atoms with E-state index in [0.717, 1.165) is 24.4 Å². The highest BCUT2D eigenvalue weighted by atomic mass is 79.9. The van der Waals surface area contributed by atoms with E-state index in [1.165, 1.54) is 12.3 Å². The SMILES string of the molecule is Fc1ccc(F)c(Br)c1.Fc1cncc(Br)c1. The highest BCUT2D eigenvalue weighted by Gasteiger charge is 1.97. The molecule has 1 aromatic carbocycles. The minimum absolute atomic E-state index is 0.155. The summed E-state index contributed by atoms with van der Waals surface area (Å²) >= 11 is 5.89. The molecule has 6 heteroatoms. The molecule has 0 unspecified atom stereocenters. The molecule has 0 radical (unpaired) electrons. The van der Waals surface area contributed by atoms with E-state index in [9.17, 15) is 13.2 Å². The highest BCUT2D eigenvalue weighted by molar-refractivity contribution is 9.10. The van der Waals surface area contributed by atoms with Gasteiger partial charge in [0.25, 0.3) is 0 Å². The third kappa shape index (κ3) is 5.32. The highest BCUT2D eigenvalue weighted by Crippen LogP contribution is 2.15. The van der Waals surface area contributed by atoms with Gasteiger partial charge in [-0.1, -0.05) is 0 Å². The topological polar surface area (TPSA) is 12.9 Å². The van der Waals surface area contributed by atoms with Gasteiger partial charge in [0.2, 0.25) is 0 Å². The van der Waals surface area contributed by atoms with Gasteiger partial charge in [-0.3, -0.25) is 4.98 Å². The van der Waals surface area contributed by atoms with Crippen molar-refractivity contribution in [1.82, 2.24) is 4.98 Å². The van der Waals surface area contributed by atoms with Gasteiger partial charge in [-0.05, 0) is 56.1 Å². The summed E-state index contributed by atoms with van der Waals surface area (Å²) in [5.41, 5.74) is 0. The van der Waals surface area contributed by atoms with Crippen molar-refractivity contribution in [2.75, 3.05) is 0 Å². The van der Waals surface area contributed by atoms with Gasteiger partial charge < -0.3 is 0 Å². The van der Waals surface area contributed by atoms with Gasteiger partial charge in [0.15, 0.2) is 0 Å². The number of pyridine rings is 1. The van der Waals surface area contributed by atoms with Crippen LogP contribution < -0.4 is 0 Å². The van der Waals surface area contributed by atoms with Gasteiger partial charge in [0, 0.05) is 10.7 Å². The molecular weight excluding hydrogens is 363 g/mol. The predicted octanol–water partition coefficient (Wildman–Crippen LogP) is 4.71. The third-order valence-electron chi connectivity index (χ3n) is 1.55. The number of hydrogen-bond acceptors (Lipinski definition) is 1. The molecule has 0 amide bonds. The Hall–Kier alpha value is -0.880. The monoisotopic (exact) mass is 367 g/mol. The molecule has 0 saturated carbocycles. The third-order valence-corrected chi connectivity index (χ3v) is 2.59. The molecule has 0 fully saturated rings. The number of rotatable bonds is 0. The summed E-state index contributed by atoms with van der Waals surface area (Å²) in [5.74, 6) is -1.21. The molecule has 1 aromatic heterocycles. The van der Waals surface area contributed by atoms with E-state index in [2.05, 4.69) is 36.8 Å². The fourth-order valence-electron chi connectivity index (χ4n) is 0.856. The Morgan fingerprint density at radius 2 is 1.59 bits per heavy atom. The van der Waals surface area contributed by atoms with Crippen molar-refractivity contribution in [3.8, 4) is 0 Å². The molecule has 17 heavy (non-hydrogen) atoms. The zero-order chi connectivity index (χ0) is 12.8. The molecule has 0 aliphatic carbocycles. The van der Waals surface area contributed by atoms with Crippen molar-refractivity contribution >= 4 is 31.9 Å². The van der Waals surface area contributed by atoms with Crippen molar-refractivity contribution < 1.29 is 13.2 Å². The lowest BCUT2D eigenvalue weighted by Gasteiger charge is -1.90. The lowest BCUT2D eigenvalue weighted by Crippen LogP contribution is -1.77. The van der Waals surface area contributed by atoms with Crippen LogP contribution in [-0.4, -0.2) is 4.98 Å². The molecule has 0 aliphatic heterocycles. The second-order valence-electron chi connectivity index (χ2n) is 2.88. The molecule has 0 spiro atoms. The van der Waals surface area contributed by atoms with Gasteiger partial charge in [0.05, 0.1) is 10.7 Å². The van der Waals surface area contributed by atoms with Crippen molar-refractivity contribution in [3.63, 3.8) is 0 Å². The first kappa shape index (κ1) is 14.2. The Kier molecular flexibility index (Phi) is 5.64. The standard InChI is InChI=1S/C6H3BrF2.C5H3BrFN/c7-5-3-4(8)1-2-6(5)9;6-4-1-5(7)3-8-2-4/h1-3H;1-3H. The van der Waals surface area contributed by atoms with Gasteiger partial charge >= 0.3 is 0 Å². The minimum atomic E-state index is -0.448. The zero-order valence-electron chi connectivity index (χ0n) is 8.30. The van der Waals surface area contributed by atoms with E-state index in [1.54, 1.807) is 0 Å². The fraction of sp³-hybridized carbons (Fsp3) is 0. The number of halogens is 5. The van der Waals surface area contributed by atoms with E-state index in [4.69, 9.17) is 0 Å². The minimum Gasteiger partial charge on any atom is -0.260 e. The van der Waals surface area contributed by atoms with Crippen LogP contribution in [-0.2, 0) is 0 Å². The van der Waals surface area contributed by atoms with E-state index in [-0.39, 0.29) is 10.3 Å². The first-order valence-corrected chi connectivity index (χ1v) is 5.94. The molecule has 2 rings (SSSR count). The van der Waals surface area contributed by atoms with Crippen molar-refractivity contribution in [2.24, 2.45) is 0 Å². The first-order valence-electron chi connectivity index (χ1n) is 4.35. The average molecular weight is 369 g/mol. The van der Waals surface area contributed by atoms with Crippen molar-refractivity contribution in [1.29, 1.82) is 0 Å². The molecule has 1 heterocycles. The van der Waals surface area contributed by atoms with E-state index >= 15 is 0 Å². The maximum atomic E-state index is 12.3. The number of hydrogen-bond donors (Lipinski definition) is 0. The Labute approximate surface area is 113 Å². The van der Waals surface area contributed by atoms with Gasteiger partial charge in [-0.2, -0.15) is 0 Å². The Morgan fingerprint density at radius 3 is 2.00 bits per heavy atom. The lowest BCUT2D eigenvalue weighted by atomic mass is 10.3. The fourth-order valence-corrected chi connectivity index (χ4v) is 1.54. The quantitative estimate of drug-likeness (QED) is 0.613. The summed E-state index contributed by atoms with van der Waals surface area (Å²) in [6.07, 6.45) is 2.69. The molecule has 90 valence electrons. The maximum Gasteiger partial charge on any atom is 0.142 e. The van der Waals surface area contributed by atoms with E-state index < -0.39 is 11.6 Å². The molecule has 0 aliphatic rings. The van der Waals surface area contributed by atoms with Crippen LogP contribution in [0.5, 0.6) is 0 Å². The molecule has 0 bridgehead atoms. The second kappa shape index (κ2) is 6.76. The summed E-state index contributed by atoms with van der Waals surface area (Å²) in [7, 11) is 0. The molecule has 0 saturated heterocycles. The van der Waals surface area contributed by atoms with Crippen molar-refractivity contribution in [3.05, 3.63) is 63.1 Å². The zero-order valence-corrected chi connectivity index (χ0v) is 11.5. The summed E-state index contributed by atoms with van der Waals surface area (Å²) in [5, 5.41) is 0. The van der Waals surface area contributed by atoms with Crippen LogP contribution in [0.15, 0.2) is 45.6 Å². The molecule has 1 nitrogen and oxygen atoms in total.